The summed E-state index contributed by atoms with van der Waals surface area (Å²) in [6.07, 6.45) is 1.07. The second-order valence-electron chi connectivity index (χ2n) is 2.28. The van der Waals surface area contributed by atoms with Gasteiger partial charge in [0.25, 0.3) is 0 Å². The van der Waals surface area contributed by atoms with Gasteiger partial charge >= 0.3 is 11.2 Å². The molecule has 1 aromatic heterocycles. The number of rotatable bonds is 2. The molecule has 0 aliphatic carbocycles. The van der Waals surface area contributed by atoms with E-state index in [0.717, 1.165) is 12.3 Å². The molecule has 0 radical (unpaired) electrons. The van der Waals surface area contributed by atoms with Crippen LogP contribution in [-0.4, -0.2) is 15.4 Å². The molecule has 0 aliphatic heterocycles. The van der Waals surface area contributed by atoms with Crippen LogP contribution in [0, 0.1) is 10.1 Å². The van der Waals surface area contributed by atoms with E-state index < -0.39 is 32.9 Å². The normalized spacial score (nSPS) is 11.5. The SMILES string of the molecule is O=[N+]([O-])c1cc(Br)cnc1SC(F)(F)F. The highest BCUT2D eigenvalue weighted by molar-refractivity contribution is 9.10. The molecule has 1 rings (SSSR count). The van der Waals surface area contributed by atoms with Crippen LogP contribution in [0.5, 0.6) is 0 Å². The van der Waals surface area contributed by atoms with Gasteiger partial charge in [0.1, 0.15) is 0 Å². The molecular weight excluding hydrogens is 301 g/mol. The van der Waals surface area contributed by atoms with Crippen molar-refractivity contribution >= 4 is 33.4 Å². The number of nitrogens with zero attached hydrogens (tertiary/aromatic N) is 2. The molecule has 0 saturated carbocycles. The fourth-order valence-corrected chi connectivity index (χ4v) is 1.62. The molecule has 9 heteroatoms. The summed E-state index contributed by atoms with van der Waals surface area (Å²) in [6, 6.07) is 0.973. The van der Waals surface area contributed by atoms with Crippen LogP contribution in [-0.2, 0) is 0 Å². The van der Waals surface area contributed by atoms with Crippen LogP contribution in [0.3, 0.4) is 0 Å². The van der Waals surface area contributed by atoms with Gasteiger partial charge in [-0.05, 0) is 15.9 Å². The third-order valence-electron chi connectivity index (χ3n) is 1.21. The van der Waals surface area contributed by atoms with E-state index in [0.29, 0.717) is 0 Å². The van der Waals surface area contributed by atoms with Gasteiger partial charge in [0.15, 0.2) is 5.03 Å². The Morgan fingerprint density at radius 2 is 2.13 bits per heavy atom. The summed E-state index contributed by atoms with van der Waals surface area (Å²) in [6.45, 7) is 0. The molecule has 0 bridgehead atoms. The predicted molar refractivity (Wildman–Crippen MR) is 50.5 cm³/mol. The van der Waals surface area contributed by atoms with Crippen LogP contribution in [0.15, 0.2) is 21.8 Å². The highest BCUT2D eigenvalue weighted by Crippen LogP contribution is 2.40. The lowest BCUT2D eigenvalue weighted by Crippen LogP contribution is -2.02. The maximum absolute atomic E-state index is 12.0. The molecular formula is C6H2BrF3N2O2S. The highest BCUT2D eigenvalue weighted by Gasteiger charge is 2.34. The van der Waals surface area contributed by atoms with Crippen LogP contribution in [0.1, 0.15) is 0 Å². The van der Waals surface area contributed by atoms with Crippen LogP contribution >= 0.6 is 27.7 Å². The Kier molecular flexibility index (Phi) is 3.55. The molecule has 0 spiro atoms. The number of hydrogen-bond acceptors (Lipinski definition) is 4. The van der Waals surface area contributed by atoms with E-state index in [9.17, 15) is 23.3 Å². The van der Waals surface area contributed by atoms with E-state index >= 15 is 0 Å². The Labute approximate surface area is 94.2 Å². The first-order valence-electron chi connectivity index (χ1n) is 3.35. The van der Waals surface area contributed by atoms with Crippen molar-refractivity contribution in [2.24, 2.45) is 0 Å². The van der Waals surface area contributed by atoms with Gasteiger partial charge in [0, 0.05) is 28.5 Å². The minimum absolute atomic E-state index is 0.251. The predicted octanol–water partition coefficient (Wildman–Crippen LogP) is 3.36. The van der Waals surface area contributed by atoms with E-state index in [1.807, 2.05) is 0 Å². The van der Waals surface area contributed by atoms with Crippen LogP contribution in [0.2, 0.25) is 0 Å². The van der Waals surface area contributed by atoms with Gasteiger partial charge in [0.2, 0.25) is 0 Å². The van der Waals surface area contributed by atoms with Crippen LogP contribution < -0.4 is 0 Å². The van der Waals surface area contributed by atoms with Gasteiger partial charge in [-0.15, -0.1) is 0 Å². The van der Waals surface area contributed by atoms with Crippen LogP contribution in [0.25, 0.3) is 0 Å². The zero-order valence-electron chi connectivity index (χ0n) is 6.79. The first-order chi connectivity index (χ1) is 6.79. The number of alkyl halides is 3. The Hall–Kier alpha value is -0.830. The third-order valence-corrected chi connectivity index (χ3v) is 2.38. The average Bonchev–Trinajstić information content (AvgIpc) is 2.05. The van der Waals surface area contributed by atoms with Crippen LogP contribution in [0.4, 0.5) is 18.9 Å². The highest BCUT2D eigenvalue weighted by atomic mass is 79.9. The molecule has 0 N–H and O–H groups in total. The zero-order chi connectivity index (χ0) is 11.6. The third kappa shape index (κ3) is 3.67. The summed E-state index contributed by atoms with van der Waals surface area (Å²) in [5.74, 6) is 0. The van der Waals surface area contributed by atoms with Crippen molar-refractivity contribution in [1.29, 1.82) is 0 Å². The fraction of sp³-hybridized carbons (Fsp3) is 0.167. The van der Waals surface area contributed by atoms with E-state index in [4.69, 9.17) is 0 Å². The van der Waals surface area contributed by atoms with E-state index in [1.54, 1.807) is 0 Å². The number of halogens is 4. The van der Waals surface area contributed by atoms with Gasteiger partial charge < -0.3 is 0 Å². The topological polar surface area (TPSA) is 56.0 Å². The van der Waals surface area contributed by atoms with Gasteiger partial charge in [-0.2, -0.15) is 13.2 Å². The van der Waals surface area contributed by atoms with Gasteiger partial charge in [-0.25, -0.2) is 4.98 Å². The Bertz CT molecular complexity index is 398. The summed E-state index contributed by atoms with van der Waals surface area (Å²) >= 11 is 2.28. The van der Waals surface area contributed by atoms with Crippen molar-refractivity contribution in [2.75, 3.05) is 0 Å². The number of thioether (sulfide) groups is 1. The lowest BCUT2D eigenvalue weighted by molar-refractivity contribution is -0.388. The van der Waals surface area contributed by atoms with Gasteiger partial charge in [-0.3, -0.25) is 10.1 Å². The van der Waals surface area contributed by atoms with Gasteiger partial charge in [-0.1, -0.05) is 0 Å². The van der Waals surface area contributed by atoms with Crippen molar-refractivity contribution in [3.8, 4) is 0 Å². The molecule has 0 unspecified atom stereocenters. The van der Waals surface area contributed by atoms with Crippen molar-refractivity contribution in [2.45, 2.75) is 10.5 Å². The molecule has 0 fully saturated rings. The van der Waals surface area contributed by atoms with Crippen molar-refractivity contribution in [3.63, 3.8) is 0 Å². The molecule has 1 aromatic rings. The maximum Gasteiger partial charge on any atom is 0.448 e. The zero-order valence-corrected chi connectivity index (χ0v) is 9.19. The van der Waals surface area contributed by atoms with Crippen molar-refractivity contribution < 1.29 is 18.1 Å². The summed E-state index contributed by atoms with van der Waals surface area (Å²) in [5, 5.41) is 9.75. The minimum atomic E-state index is -4.59. The summed E-state index contributed by atoms with van der Waals surface area (Å²) in [4.78, 5) is 12.9. The average molecular weight is 303 g/mol. The number of pyridine rings is 1. The second-order valence-corrected chi connectivity index (χ2v) is 4.25. The Morgan fingerprint density at radius 1 is 1.53 bits per heavy atom. The quantitative estimate of drug-likeness (QED) is 0.477. The van der Waals surface area contributed by atoms with Crippen molar-refractivity contribution in [3.05, 3.63) is 26.9 Å². The van der Waals surface area contributed by atoms with Crippen molar-refractivity contribution in [1.82, 2.24) is 4.98 Å². The molecule has 0 atom stereocenters. The largest absolute Gasteiger partial charge is 0.448 e. The fourth-order valence-electron chi connectivity index (χ4n) is 0.735. The summed E-state index contributed by atoms with van der Waals surface area (Å²) < 4.78 is 36.2. The first kappa shape index (κ1) is 12.2. The summed E-state index contributed by atoms with van der Waals surface area (Å²) in [5.41, 5.74) is -5.27. The molecule has 1 heterocycles. The number of hydrogen-bond donors (Lipinski definition) is 0. The summed E-state index contributed by atoms with van der Waals surface area (Å²) in [7, 11) is 0. The lowest BCUT2D eigenvalue weighted by atomic mass is 10.4. The maximum atomic E-state index is 12.0. The molecule has 4 nitrogen and oxygen atoms in total. The number of aromatic nitrogens is 1. The number of nitro groups is 1. The molecule has 15 heavy (non-hydrogen) atoms. The lowest BCUT2D eigenvalue weighted by Gasteiger charge is -2.04. The standard InChI is InChI=1S/C6H2BrF3N2O2S/c7-3-1-4(12(13)14)5(11-2-3)15-6(8,9)10/h1-2H. The first-order valence-corrected chi connectivity index (χ1v) is 4.96. The second kappa shape index (κ2) is 4.35. The minimum Gasteiger partial charge on any atom is -0.258 e. The molecule has 0 saturated heterocycles. The molecule has 0 amide bonds. The van der Waals surface area contributed by atoms with Gasteiger partial charge in [0.05, 0.1) is 4.92 Å². The molecule has 0 aromatic carbocycles. The molecule has 0 aliphatic rings. The van der Waals surface area contributed by atoms with E-state index in [2.05, 4.69) is 20.9 Å². The smallest absolute Gasteiger partial charge is 0.258 e. The Morgan fingerprint density at radius 3 is 2.60 bits per heavy atom. The van der Waals surface area contributed by atoms with E-state index in [1.165, 1.54) is 0 Å². The van der Waals surface area contributed by atoms with E-state index in [-0.39, 0.29) is 4.47 Å². The Balaban J connectivity index is 3.12. The monoisotopic (exact) mass is 302 g/mol. The molecule has 82 valence electrons.